The summed E-state index contributed by atoms with van der Waals surface area (Å²) in [6, 6.07) is -0.975. The van der Waals surface area contributed by atoms with E-state index in [0.717, 1.165) is 0 Å². The van der Waals surface area contributed by atoms with Crippen LogP contribution in [0.5, 0.6) is 0 Å². The van der Waals surface area contributed by atoms with Crippen molar-refractivity contribution >= 4 is 34.6 Å². The number of aromatic nitrogens is 4. The highest BCUT2D eigenvalue weighted by Gasteiger charge is 2.44. The van der Waals surface area contributed by atoms with E-state index in [1.165, 1.54) is 10.9 Å². The molecular weight excluding hydrogens is 382 g/mol. The van der Waals surface area contributed by atoms with Crippen LogP contribution in [0.4, 0.5) is 5.82 Å². The molecule has 5 atom stereocenters. The Balaban J connectivity index is 1.68. The highest BCUT2D eigenvalue weighted by atomic mass is 35.5. The maximum absolute atomic E-state index is 10.7. The van der Waals surface area contributed by atoms with Crippen molar-refractivity contribution < 1.29 is 24.9 Å². The number of nitrogens with one attached hydrogen (secondary N) is 1. The van der Waals surface area contributed by atoms with Crippen molar-refractivity contribution in [2.24, 2.45) is 5.73 Å². The van der Waals surface area contributed by atoms with Crippen LogP contribution in [0, 0.1) is 0 Å². The molecule has 0 spiro atoms. The van der Waals surface area contributed by atoms with Crippen molar-refractivity contribution in [1.82, 2.24) is 24.8 Å². The fraction of sp³-hybridized carbons (Fsp3) is 0.571. The fourth-order valence-corrected chi connectivity index (χ4v) is 3.02. The molecule has 0 aliphatic carbocycles. The summed E-state index contributed by atoms with van der Waals surface area (Å²) in [6.45, 7) is 0.500. The average Bonchev–Trinajstić information content (AvgIpc) is 3.14. The van der Waals surface area contributed by atoms with Gasteiger partial charge in [-0.05, 0) is 24.6 Å². The number of halogens is 1. The maximum Gasteiger partial charge on any atom is 0.320 e. The van der Waals surface area contributed by atoms with E-state index in [1.54, 1.807) is 0 Å². The number of carboxylic acid groups (broad SMARTS) is 1. The molecular formula is C14H20ClN7O5. The minimum absolute atomic E-state index is 0.0808. The Kier molecular flexibility index (Phi) is 5.74. The third kappa shape index (κ3) is 3.95. The van der Waals surface area contributed by atoms with Gasteiger partial charge in [0.2, 0.25) is 5.28 Å². The van der Waals surface area contributed by atoms with Gasteiger partial charge in [-0.2, -0.15) is 9.97 Å². The number of ether oxygens (including phenoxy) is 1. The summed E-state index contributed by atoms with van der Waals surface area (Å²) in [7, 11) is 0. The molecule has 3 heterocycles. The SMILES string of the molecule is Nc1nc(Cl)nc2c1ncn2C1OC(CNCCC(N)C(=O)O)C(O)C1O. The second-order valence-electron chi connectivity index (χ2n) is 6.19. The van der Waals surface area contributed by atoms with E-state index in [4.69, 9.17) is 32.9 Å². The minimum Gasteiger partial charge on any atom is -0.480 e. The number of aliphatic hydroxyl groups excluding tert-OH is 2. The van der Waals surface area contributed by atoms with Gasteiger partial charge in [-0.15, -0.1) is 0 Å². The number of aliphatic carboxylic acids is 1. The standard InChI is InChI=1S/C14H20ClN7O5/c15-14-20-10(17)7-11(21-14)22(4-19-7)12-9(24)8(23)6(27-12)3-18-2-1-5(16)13(25)26/h4-6,8-9,12,18,23-24H,1-3,16H2,(H,25,26)(H2,17,20,21). The Morgan fingerprint density at radius 3 is 2.85 bits per heavy atom. The number of nitrogens with zero attached hydrogens (tertiary/aromatic N) is 4. The van der Waals surface area contributed by atoms with E-state index in [-0.39, 0.29) is 29.7 Å². The van der Waals surface area contributed by atoms with Gasteiger partial charge in [0, 0.05) is 6.54 Å². The molecule has 12 nitrogen and oxygen atoms in total. The molecule has 5 unspecified atom stereocenters. The normalized spacial score (nSPS) is 26.5. The Hall–Kier alpha value is -2.09. The molecule has 2 aromatic rings. The average molecular weight is 402 g/mol. The number of hydrogen-bond acceptors (Lipinski definition) is 10. The Morgan fingerprint density at radius 2 is 2.15 bits per heavy atom. The zero-order chi connectivity index (χ0) is 19.7. The van der Waals surface area contributed by atoms with Crippen LogP contribution in [0.25, 0.3) is 11.2 Å². The lowest BCUT2D eigenvalue weighted by molar-refractivity contribution is -0.138. The topological polar surface area (TPSA) is 195 Å². The van der Waals surface area contributed by atoms with Gasteiger partial charge >= 0.3 is 5.97 Å². The molecule has 2 aromatic heterocycles. The zero-order valence-corrected chi connectivity index (χ0v) is 14.8. The van der Waals surface area contributed by atoms with Gasteiger partial charge in [-0.1, -0.05) is 0 Å². The summed E-state index contributed by atoms with van der Waals surface area (Å²) in [5, 5.41) is 32.2. The van der Waals surface area contributed by atoms with Gasteiger partial charge in [0.25, 0.3) is 0 Å². The van der Waals surface area contributed by atoms with Crippen LogP contribution in [-0.4, -0.2) is 78.3 Å². The number of fused-ring (bicyclic) bond motifs is 1. The first-order chi connectivity index (χ1) is 12.8. The van der Waals surface area contributed by atoms with Gasteiger partial charge in [-0.25, -0.2) is 4.98 Å². The number of anilines is 1. The monoisotopic (exact) mass is 401 g/mol. The van der Waals surface area contributed by atoms with Crippen molar-refractivity contribution in [1.29, 1.82) is 0 Å². The van der Waals surface area contributed by atoms with E-state index in [0.29, 0.717) is 12.1 Å². The number of imidazole rings is 1. The summed E-state index contributed by atoms with van der Waals surface area (Å²) < 4.78 is 7.17. The molecule has 13 heteroatoms. The van der Waals surface area contributed by atoms with Gasteiger partial charge in [0.1, 0.15) is 29.9 Å². The molecule has 148 valence electrons. The number of carboxylic acids is 1. The summed E-state index contributed by atoms with van der Waals surface area (Å²) in [6.07, 6.45) is -2.53. The van der Waals surface area contributed by atoms with E-state index in [1.807, 2.05) is 0 Å². The molecule has 0 radical (unpaired) electrons. The number of carbonyl (C=O) groups is 1. The lowest BCUT2D eigenvalue weighted by Gasteiger charge is -2.16. The van der Waals surface area contributed by atoms with E-state index in [2.05, 4.69) is 20.3 Å². The third-order valence-corrected chi connectivity index (χ3v) is 4.50. The van der Waals surface area contributed by atoms with E-state index >= 15 is 0 Å². The molecule has 0 saturated carbocycles. The zero-order valence-electron chi connectivity index (χ0n) is 14.1. The fourth-order valence-electron chi connectivity index (χ4n) is 2.85. The van der Waals surface area contributed by atoms with Crippen molar-refractivity contribution in [3.8, 4) is 0 Å². The number of nitrogen functional groups attached to an aromatic ring is 1. The summed E-state index contributed by atoms with van der Waals surface area (Å²) >= 11 is 5.83. The molecule has 8 N–H and O–H groups in total. The van der Waals surface area contributed by atoms with Gasteiger partial charge in [0.15, 0.2) is 17.7 Å². The second kappa shape index (κ2) is 7.88. The van der Waals surface area contributed by atoms with Crippen molar-refractivity contribution in [2.75, 3.05) is 18.8 Å². The number of nitrogens with two attached hydrogens (primary N) is 2. The number of rotatable bonds is 7. The molecule has 0 bridgehead atoms. The first-order valence-electron chi connectivity index (χ1n) is 8.16. The van der Waals surface area contributed by atoms with Crippen LogP contribution >= 0.6 is 11.6 Å². The Morgan fingerprint density at radius 1 is 1.41 bits per heavy atom. The largest absolute Gasteiger partial charge is 0.480 e. The quantitative estimate of drug-likeness (QED) is 0.223. The highest BCUT2D eigenvalue weighted by Crippen LogP contribution is 2.32. The number of hydrogen-bond donors (Lipinski definition) is 6. The minimum atomic E-state index is -1.24. The first kappa shape index (κ1) is 19.7. The molecule has 27 heavy (non-hydrogen) atoms. The Labute approximate surface area is 158 Å². The van der Waals surface area contributed by atoms with Crippen LogP contribution in [0.3, 0.4) is 0 Å². The van der Waals surface area contributed by atoms with Gasteiger partial charge in [0.05, 0.1) is 6.33 Å². The highest BCUT2D eigenvalue weighted by molar-refractivity contribution is 6.28. The van der Waals surface area contributed by atoms with Crippen molar-refractivity contribution in [3.05, 3.63) is 11.6 Å². The van der Waals surface area contributed by atoms with Crippen LogP contribution in [0.1, 0.15) is 12.6 Å². The lowest BCUT2D eigenvalue weighted by Crippen LogP contribution is -2.40. The molecule has 3 rings (SSSR count). The summed E-state index contributed by atoms with van der Waals surface area (Å²) in [4.78, 5) is 22.6. The van der Waals surface area contributed by atoms with Crippen LogP contribution in [-0.2, 0) is 9.53 Å². The second-order valence-corrected chi connectivity index (χ2v) is 6.52. The maximum atomic E-state index is 10.7. The summed E-state index contributed by atoms with van der Waals surface area (Å²) in [5.41, 5.74) is 11.7. The van der Waals surface area contributed by atoms with Gasteiger partial charge in [-0.3, -0.25) is 9.36 Å². The predicted octanol–water partition coefficient (Wildman–Crippen LogP) is -1.93. The van der Waals surface area contributed by atoms with Crippen LogP contribution in [0.15, 0.2) is 6.33 Å². The summed E-state index contributed by atoms with van der Waals surface area (Å²) in [5.74, 6) is -0.999. The van der Waals surface area contributed by atoms with Crippen molar-refractivity contribution in [2.45, 2.75) is 37.0 Å². The van der Waals surface area contributed by atoms with E-state index < -0.39 is 36.6 Å². The lowest BCUT2D eigenvalue weighted by atomic mass is 10.1. The molecule has 1 aliphatic heterocycles. The molecule has 0 amide bonds. The molecule has 1 aliphatic rings. The predicted molar refractivity (Wildman–Crippen MR) is 93.8 cm³/mol. The van der Waals surface area contributed by atoms with Crippen LogP contribution < -0.4 is 16.8 Å². The first-order valence-corrected chi connectivity index (χ1v) is 8.53. The smallest absolute Gasteiger partial charge is 0.320 e. The van der Waals surface area contributed by atoms with Crippen LogP contribution in [0.2, 0.25) is 5.28 Å². The number of aliphatic hydroxyl groups is 2. The van der Waals surface area contributed by atoms with Gasteiger partial charge < -0.3 is 36.8 Å². The van der Waals surface area contributed by atoms with Crippen molar-refractivity contribution in [3.63, 3.8) is 0 Å². The Bertz CT molecular complexity index is 834. The molecule has 1 saturated heterocycles. The third-order valence-electron chi connectivity index (χ3n) is 4.33. The molecule has 1 fully saturated rings. The van der Waals surface area contributed by atoms with E-state index in [9.17, 15) is 15.0 Å². The molecule has 0 aromatic carbocycles.